The molecule has 1 atom stereocenters. The van der Waals surface area contributed by atoms with Gasteiger partial charge in [0.05, 0.1) is 22.3 Å². The summed E-state index contributed by atoms with van der Waals surface area (Å²) in [5.74, 6) is 2.17. The molecule has 8 aromatic carbocycles. The fourth-order valence-corrected chi connectivity index (χ4v) is 9.59. The molecule has 4 aromatic heterocycles. The quantitative estimate of drug-likeness (QED) is 0.173. The van der Waals surface area contributed by atoms with E-state index in [9.17, 15) is 0 Å². The summed E-state index contributed by atoms with van der Waals surface area (Å²) in [6.45, 7) is 2.26. The van der Waals surface area contributed by atoms with Crippen LogP contribution in [0.15, 0.2) is 191 Å². The molecule has 0 saturated carbocycles. The number of rotatable bonds is 5. The predicted octanol–water partition coefficient (Wildman–Crippen LogP) is 14.9. The molecule has 0 fully saturated rings. The number of furan rings is 2. The van der Waals surface area contributed by atoms with E-state index in [0.717, 1.165) is 83.7 Å². The van der Waals surface area contributed by atoms with Crippen molar-refractivity contribution in [3.63, 3.8) is 0 Å². The van der Waals surface area contributed by atoms with Crippen molar-refractivity contribution in [1.29, 1.82) is 0 Å². The van der Waals surface area contributed by atoms with E-state index >= 15 is 0 Å². The highest BCUT2D eigenvalue weighted by atomic mass is 16.3. The first-order valence-electron chi connectivity index (χ1n) is 21.1. The maximum absolute atomic E-state index is 6.82. The summed E-state index contributed by atoms with van der Waals surface area (Å²) < 4.78 is 15.7. The highest BCUT2D eigenvalue weighted by molar-refractivity contribution is 6.16. The topological polar surface area (TPSA) is 69.9 Å². The minimum absolute atomic E-state index is 0.501. The summed E-state index contributed by atoms with van der Waals surface area (Å²) in [5, 5.41) is 8.79. The van der Waals surface area contributed by atoms with Crippen molar-refractivity contribution in [3.8, 4) is 39.9 Å². The fourth-order valence-electron chi connectivity index (χ4n) is 9.59. The van der Waals surface area contributed by atoms with Crippen LogP contribution in [0.4, 0.5) is 0 Å². The standard InChI is InChI=1S/C56H36N4O2/c1-33-12-10-15-36(28-33)34-24-26-35(27-25-34)54-57-55(59-56(58-54)44-20-11-19-43-41-17-5-8-22-50(41)61-52(43)44)39-30-46-42-18-6-9-23-51(42)62-53(46)49(32-39)60-47-21-7-4-16-40(47)45-29-37-13-2-3-14-38(37)31-48(45)60/h2-27,29-33H,28H2,1H3. The number of allylic oxidation sites excluding steroid dienone is 4. The SMILES string of the molecule is CC1C=CC=C(c2ccc(-c3nc(-c4cc(-n5c6ccccc6c6cc7ccccc7cc65)c5oc6ccccc6c5c4)nc(-c4cccc5c4oc4ccccc45)n3)cc2)C1. The van der Waals surface area contributed by atoms with Crippen LogP contribution < -0.4 is 0 Å². The van der Waals surface area contributed by atoms with Gasteiger partial charge in [-0.05, 0) is 82.8 Å². The number of nitrogens with zero attached hydrogens (tertiary/aromatic N) is 4. The zero-order valence-corrected chi connectivity index (χ0v) is 33.7. The van der Waals surface area contributed by atoms with Crippen molar-refractivity contribution in [1.82, 2.24) is 19.5 Å². The van der Waals surface area contributed by atoms with Gasteiger partial charge in [-0.2, -0.15) is 0 Å². The van der Waals surface area contributed by atoms with Crippen LogP contribution in [0.2, 0.25) is 0 Å². The summed E-state index contributed by atoms with van der Waals surface area (Å²) in [6, 6.07) is 57.3. The van der Waals surface area contributed by atoms with Crippen molar-refractivity contribution in [2.75, 3.05) is 0 Å². The lowest BCUT2D eigenvalue weighted by atomic mass is 9.91. The van der Waals surface area contributed by atoms with E-state index in [-0.39, 0.29) is 0 Å². The molecule has 1 unspecified atom stereocenters. The lowest BCUT2D eigenvalue weighted by Gasteiger charge is -2.15. The maximum atomic E-state index is 6.82. The first-order chi connectivity index (χ1) is 30.6. The van der Waals surface area contributed by atoms with Crippen LogP contribution in [0.25, 0.3) is 122 Å². The average molecular weight is 797 g/mol. The summed E-state index contributed by atoms with van der Waals surface area (Å²) >= 11 is 0. The van der Waals surface area contributed by atoms with Gasteiger partial charge >= 0.3 is 0 Å². The van der Waals surface area contributed by atoms with Crippen LogP contribution in [0.1, 0.15) is 18.9 Å². The fraction of sp³-hybridized carbons (Fsp3) is 0.0536. The molecule has 6 nitrogen and oxygen atoms in total. The minimum atomic E-state index is 0.501. The third-order valence-electron chi connectivity index (χ3n) is 12.6. The molecule has 0 bridgehead atoms. The zero-order chi connectivity index (χ0) is 40.9. The van der Waals surface area contributed by atoms with E-state index in [1.54, 1.807) is 0 Å². The summed E-state index contributed by atoms with van der Waals surface area (Å²) in [5.41, 5.74) is 11.3. The van der Waals surface area contributed by atoms with E-state index in [2.05, 4.69) is 157 Å². The van der Waals surface area contributed by atoms with Crippen LogP contribution in [0.3, 0.4) is 0 Å². The Bertz CT molecular complexity index is 3860. The van der Waals surface area contributed by atoms with Crippen molar-refractivity contribution in [2.45, 2.75) is 13.3 Å². The van der Waals surface area contributed by atoms with Crippen molar-refractivity contribution in [3.05, 3.63) is 188 Å². The molecular formula is C56H36N4O2. The highest BCUT2D eigenvalue weighted by Gasteiger charge is 2.23. The normalized spacial score (nSPS) is 14.3. The molecule has 4 heterocycles. The molecule has 12 aromatic rings. The third-order valence-corrected chi connectivity index (χ3v) is 12.6. The average Bonchev–Trinajstić information content (AvgIpc) is 4.00. The molecule has 0 N–H and O–H groups in total. The van der Waals surface area contributed by atoms with Crippen LogP contribution in [0.5, 0.6) is 0 Å². The molecule has 292 valence electrons. The first-order valence-corrected chi connectivity index (χ1v) is 21.1. The Kier molecular flexibility index (Phi) is 7.54. The zero-order valence-electron chi connectivity index (χ0n) is 33.7. The van der Waals surface area contributed by atoms with E-state index in [1.165, 1.54) is 32.7 Å². The van der Waals surface area contributed by atoms with Crippen molar-refractivity contribution in [2.24, 2.45) is 5.92 Å². The van der Waals surface area contributed by atoms with E-state index in [1.807, 2.05) is 36.4 Å². The molecule has 0 aliphatic heterocycles. The Balaban J connectivity index is 1.09. The van der Waals surface area contributed by atoms with Crippen molar-refractivity contribution < 1.29 is 8.83 Å². The van der Waals surface area contributed by atoms with Crippen LogP contribution >= 0.6 is 0 Å². The van der Waals surface area contributed by atoms with Gasteiger partial charge < -0.3 is 13.4 Å². The summed E-state index contributed by atoms with van der Waals surface area (Å²) in [6.07, 6.45) is 7.64. The summed E-state index contributed by atoms with van der Waals surface area (Å²) in [4.78, 5) is 15.9. The second-order valence-electron chi connectivity index (χ2n) is 16.5. The van der Waals surface area contributed by atoms with Crippen LogP contribution in [0, 0.1) is 5.92 Å². The molecule has 0 spiro atoms. The second-order valence-corrected chi connectivity index (χ2v) is 16.5. The lowest BCUT2D eigenvalue weighted by molar-refractivity contribution is 0.666. The van der Waals surface area contributed by atoms with E-state index in [0.29, 0.717) is 23.4 Å². The van der Waals surface area contributed by atoms with Gasteiger partial charge in [0.15, 0.2) is 23.1 Å². The number of aromatic nitrogens is 4. The molecule has 0 radical (unpaired) electrons. The largest absolute Gasteiger partial charge is 0.455 e. The molecule has 1 aliphatic rings. The van der Waals surface area contributed by atoms with E-state index in [4.69, 9.17) is 23.8 Å². The Morgan fingerprint density at radius 2 is 1.11 bits per heavy atom. The molecule has 6 heteroatoms. The number of para-hydroxylation sites is 4. The number of fused-ring (bicyclic) bond motifs is 10. The molecule has 1 aliphatic carbocycles. The van der Waals surface area contributed by atoms with Crippen LogP contribution in [-0.2, 0) is 0 Å². The molecule has 0 amide bonds. The first kappa shape index (κ1) is 34.7. The number of hydrogen-bond donors (Lipinski definition) is 0. The van der Waals surface area contributed by atoms with Crippen LogP contribution in [-0.4, -0.2) is 19.5 Å². The second kappa shape index (κ2) is 13.5. The van der Waals surface area contributed by atoms with Crippen molar-refractivity contribution >= 4 is 82.0 Å². The van der Waals surface area contributed by atoms with Gasteiger partial charge in [0.25, 0.3) is 0 Å². The van der Waals surface area contributed by atoms with E-state index < -0.39 is 0 Å². The Hall–Kier alpha value is -8.09. The van der Waals surface area contributed by atoms with Gasteiger partial charge in [-0.25, -0.2) is 15.0 Å². The Morgan fingerprint density at radius 1 is 0.484 bits per heavy atom. The number of hydrogen-bond acceptors (Lipinski definition) is 5. The van der Waals surface area contributed by atoms with Gasteiger partial charge in [0, 0.05) is 43.4 Å². The van der Waals surface area contributed by atoms with Gasteiger partial charge in [0.2, 0.25) is 0 Å². The highest BCUT2D eigenvalue weighted by Crippen LogP contribution is 2.42. The van der Waals surface area contributed by atoms with Gasteiger partial charge in [-0.15, -0.1) is 0 Å². The van der Waals surface area contributed by atoms with Gasteiger partial charge in [-0.3, -0.25) is 0 Å². The molecular weight excluding hydrogens is 761 g/mol. The third kappa shape index (κ3) is 5.40. The number of benzene rings is 8. The smallest absolute Gasteiger partial charge is 0.167 e. The van der Waals surface area contributed by atoms with Gasteiger partial charge in [0.1, 0.15) is 16.7 Å². The minimum Gasteiger partial charge on any atom is -0.455 e. The molecule has 62 heavy (non-hydrogen) atoms. The van der Waals surface area contributed by atoms with Gasteiger partial charge in [-0.1, -0.05) is 140 Å². The summed E-state index contributed by atoms with van der Waals surface area (Å²) in [7, 11) is 0. The molecule has 13 rings (SSSR count). The lowest BCUT2D eigenvalue weighted by Crippen LogP contribution is -2.02. The maximum Gasteiger partial charge on any atom is 0.167 e. The Morgan fingerprint density at radius 3 is 1.90 bits per heavy atom. The Labute approximate surface area is 355 Å². The monoisotopic (exact) mass is 796 g/mol. The molecule has 0 saturated heterocycles. The predicted molar refractivity (Wildman–Crippen MR) is 253 cm³/mol.